The summed E-state index contributed by atoms with van der Waals surface area (Å²) in [6.45, 7) is 17.0. The predicted molar refractivity (Wildman–Crippen MR) is 249 cm³/mol. The lowest BCUT2D eigenvalue weighted by molar-refractivity contribution is 0.0696. The Morgan fingerprint density at radius 1 is 0.935 bits per heavy atom. The molecule has 1 amide bonds. The number of carboxylic acids is 1. The van der Waals surface area contributed by atoms with E-state index in [9.17, 15) is 9.90 Å². The van der Waals surface area contributed by atoms with Crippen molar-refractivity contribution in [3.8, 4) is 16.9 Å². The van der Waals surface area contributed by atoms with Gasteiger partial charge in [-0.3, -0.25) is 14.6 Å². The van der Waals surface area contributed by atoms with Crippen LogP contribution < -0.4 is 9.64 Å². The summed E-state index contributed by atoms with van der Waals surface area (Å²) in [5.74, 6) is 1.17. The summed E-state index contributed by atoms with van der Waals surface area (Å²) in [6.07, 6.45) is 1.22. The molecule has 62 heavy (non-hydrogen) atoms. The number of carbonyl (C=O) groups is 2. The van der Waals surface area contributed by atoms with Crippen LogP contribution in [0.15, 0.2) is 48.5 Å². The number of piperazine rings is 1. The van der Waals surface area contributed by atoms with E-state index < -0.39 is 5.97 Å². The maximum Gasteiger partial charge on any atom is 0.335 e. The zero-order chi connectivity index (χ0) is 44.1. The first kappa shape index (κ1) is 43.7. The zero-order valence-corrected chi connectivity index (χ0v) is 38.5. The van der Waals surface area contributed by atoms with E-state index in [1.165, 1.54) is 0 Å². The van der Waals surface area contributed by atoms with Crippen molar-refractivity contribution in [2.24, 2.45) is 0 Å². The lowest BCUT2D eigenvalue weighted by Gasteiger charge is -2.35. The summed E-state index contributed by atoms with van der Waals surface area (Å²) >= 11 is 13.8. The van der Waals surface area contributed by atoms with Crippen molar-refractivity contribution in [1.29, 1.82) is 0 Å². The third-order valence-electron chi connectivity index (χ3n) is 12.5. The minimum absolute atomic E-state index is 0.124. The highest BCUT2D eigenvalue weighted by Gasteiger charge is 2.38. The molecule has 0 aliphatic carbocycles. The lowest BCUT2D eigenvalue weighted by atomic mass is 9.97. The largest absolute Gasteiger partial charge is 0.494 e. The van der Waals surface area contributed by atoms with Crippen molar-refractivity contribution in [2.75, 3.05) is 71.9 Å². The predicted octanol–water partition coefficient (Wildman–Crippen LogP) is 8.83. The first-order valence-corrected chi connectivity index (χ1v) is 22.2. The Kier molecular flexibility index (Phi) is 12.4. The molecule has 0 unspecified atom stereocenters. The molecule has 0 radical (unpaired) electrons. The van der Waals surface area contributed by atoms with Gasteiger partial charge in [0.2, 0.25) is 0 Å². The van der Waals surface area contributed by atoms with Gasteiger partial charge in [0.1, 0.15) is 23.1 Å². The number of fused-ring (bicyclic) bond motifs is 4. The number of nitrogens with zero attached hydrogens (tertiary/aromatic N) is 8. The van der Waals surface area contributed by atoms with Crippen LogP contribution in [0.3, 0.4) is 0 Å². The van der Waals surface area contributed by atoms with Gasteiger partial charge in [0.05, 0.1) is 29.3 Å². The maximum absolute atomic E-state index is 15.5. The number of hydrogen-bond donors (Lipinski definition) is 1. The van der Waals surface area contributed by atoms with Crippen LogP contribution in [0.1, 0.15) is 74.1 Å². The third-order valence-corrected chi connectivity index (χ3v) is 13.4. The van der Waals surface area contributed by atoms with Gasteiger partial charge < -0.3 is 28.8 Å². The number of rotatable bonds is 13. The Morgan fingerprint density at radius 3 is 2.29 bits per heavy atom. The molecule has 14 heteroatoms. The maximum atomic E-state index is 15.5. The minimum Gasteiger partial charge on any atom is -0.494 e. The van der Waals surface area contributed by atoms with Gasteiger partial charge in [-0.25, -0.2) is 14.8 Å². The number of amides is 1. The normalized spacial score (nSPS) is 16.3. The Hall–Kier alpha value is -4.98. The minimum atomic E-state index is -0.994. The van der Waals surface area contributed by atoms with E-state index in [2.05, 4.69) is 37.8 Å². The Balaban J connectivity index is 1.25. The smallest absolute Gasteiger partial charge is 0.335 e. The number of aryl methyl sites for hydroxylation is 5. The Morgan fingerprint density at radius 2 is 1.63 bits per heavy atom. The molecule has 2 aliphatic heterocycles. The summed E-state index contributed by atoms with van der Waals surface area (Å²) in [4.78, 5) is 46.4. The second-order valence-electron chi connectivity index (χ2n) is 17.4. The van der Waals surface area contributed by atoms with Crippen LogP contribution in [-0.2, 0) is 19.5 Å². The molecule has 1 N–H and O–H groups in total. The quantitative estimate of drug-likeness (QED) is 0.114. The summed E-state index contributed by atoms with van der Waals surface area (Å²) < 4.78 is 10.6. The lowest BCUT2D eigenvalue weighted by Crippen LogP contribution is -2.44. The van der Waals surface area contributed by atoms with Crippen LogP contribution in [-0.4, -0.2) is 118 Å². The van der Waals surface area contributed by atoms with Crippen LogP contribution in [0.5, 0.6) is 5.75 Å². The van der Waals surface area contributed by atoms with Crippen LogP contribution >= 0.6 is 23.2 Å². The number of ether oxygens (including phenoxy) is 1. The highest BCUT2D eigenvalue weighted by Crippen LogP contribution is 2.45. The fourth-order valence-electron chi connectivity index (χ4n) is 9.36. The third kappa shape index (κ3) is 8.31. The molecule has 12 nitrogen and oxygen atoms in total. The van der Waals surface area contributed by atoms with E-state index in [1.54, 1.807) is 12.1 Å². The molecule has 2 aliphatic rings. The summed E-state index contributed by atoms with van der Waals surface area (Å²) in [5, 5.41) is 12.9. The molecule has 326 valence electrons. The number of carbonyl (C=O) groups excluding carboxylic acids is 1. The fraction of sp³-hybridized carbons (Fsp3) is 0.417. The van der Waals surface area contributed by atoms with Gasteiger partial charge in [-0.15, -0.1) is 0 Å². The van der Waals surface area contributed by atoms with Gasteiger partial charge in [-0.05, 0) is 128 Å². The number of hydrogen-bond acceptors (Lipinski definition) is 8. The SMILES string of the molecule is Cc1cc(OCCCc2c3n(c4c(-c5c(C)nc(CN6CCN(C)CC6)nc5C)c(Cl)ccc24)[C@H](C)CN(c2cc4cc(C(=O)O)ccc4n2CCN(C)C)C3=O)cc(C)c1Cl. The molecular weight excluding hydrogens is 823 g/mol. The molecule has 0 spiro atoms. The van der Waals surface area contributed by atoms with Crippen molar-refractivity contribution in [2.45, 2.75) is 66.6 Å². The number of likely N-dealkylation sites (N-methyl/N-ethyl adjacent to an activating group) is 2. The summed E-state index contributed by atoms with van der Waals surface area (Å²) in [6, 6.07) is 14.9. The van der Waals surface area contributed by atoms with Crippen molar-refractivity contribution in [1.82, 2.24) is 33.8 Å². The van der Waals surface area contributed by atoms with Crippen molar-refractivity contribution >= 4 is 62.7 Å². The number of benzene rings is 3. The van der Waals surface area contributed by atoms with E-state index in [4.69, 9.17) is 37.9 Å². The van der Waals surface area contributed by atoms with E-state index in [0.29, 0.717) is 49.8 Å². The summed E-state index contributed by atoms with van der Waals surface area (Å²) in [5.41, 5.74) is 8.83. The fourth-order valence-corrected chi connectivity index (χ4v) is 9.72. The average molecular weight is 880 g/mol. The van der Waals surface area contributed by atoms with Gasteiger partial charge in [0, 0.05) is 95.7 Å². The first-order valence-electron chi connectivity index (χ1n) is 21.4. The monoisotopic (exact) mass is 878 g/mol. The highest BCUT2D eigenvalue weighted by atomic mass is 35.5. The molecule has 1 atom stereocenters. The van der Waals surface area contributed by atoms with Gasteiger partial charge >= 0.3 is 5.97 Å². The molecule has 5 heterocycles. The molecule has 1 saturated heterocycles. The second kappa shape index (κ2) is 17.7. The van der Waals surface area contributed by atoms with Crippen LogP contribution in [0.25, 0.3) is 32.9 Å². The first-order chi connectivity index (χ1) is 29.6. The van der Waals surface area contributed by atoms with Crippen LogP contribution in [0, 0.1) is 27.7 Å². The Labute approximate surface area is 373 Å². The highest BCUT2D eigenvalue weighted by molar-refractivity contribution is 6.35. The van der Waals surface area contributed by atoms with E-state index in [0.717, 1.165) is 116 Å². The Bertz CT molecular complexity index is 2670. The van der Waals surface area contributed by atoms with Crippen LogP contribution in [0.2, 0.25) is 10.0 Å². The molecule has 3 aromatic carbocycles. The molecule has 3 aromatic heterocycles. The average Bonchev–Trinajstić information content (AvgIpc) is 3.76. The molecule has 0 saturated carbocycles. The zero-order valence-electron chi connectivity index (χ0n) is 37.0. The van der Waals surface area contributed by atoms with E-state index in [-0.39, 0.29) is 17.5 Å². The van der Waals surface area contributed by atoms with Crippen molar-refractivity contribution in [3.05, 3.63) is 104 Å². The van der Waals surface area contributed by atoms with E-state index in [1.807, 2.05) is 83.1 Å². The molecule has 0 bridgehead atoms. The second-order valence-corrected chi connectivity index (χ2v) is 18.2. The molecule has 1 fully saturated rings. The molecule has 6 aromatic rings. The van der Waals surface area contributed by atoms with Gasteiger partial charge in [-0.2, -0.15) is 0 Å². The van der Waals surface area contributed by atoms with E-state index >= 15 is 4.79 Å². The summed E-state index contributed by atoms with van der Waals surface area (Å²) in [7, 11) is 6.19. The number of carboxylic acid groups (broad SMARTS) is 1. The van der Waals surface area contributed by atoms with Gasteiger partial charge in [-0.1, -0.05) is 29.3 Å². The number of halogens is 2. The van der Waals surface area contributed by atoms with Gasteiger partial charge in [0.15, 0.2) is 0 Å². The van der Waals surface area contributed by atoms with Crippen molar-refractivity contribution in [3.63, 3.8) is 0 Å². The number of aromatic nitrogens is 4. The topological polar surface area (TPSA) is 112 Å². The van der Waals surface area contributed by atoms with Crippen LogP contribution in [0.4, 0.5) is 5.82 Å². The molecule has 8 rings (SSSR count). The number of anilines is 1. The standard InChI is InChI=1S/C48H56Cl2N8O4/c1-28-22-35(23-29(2)44(28)50)62-21-9-10-36-37-12-13-38(49)43(42-31(4)51-40(52-32(42)5)27-55-18-16-54(8)17-19-55)45(37)58-30(3)26-57(47(59)46(36)58)41-25-34-24-33(48(60)61)11-14-39(34)56(41)20-15-53(6)7/h11-14,22-25,30H,9-10,15-21,26-27H2,1-8H3,(H,60,61)/t30-/m1/s1. The van der Waals surface area contributed by atoms with Crippen molar-refractivity contribution < 1.29 is 19.4 Å². The molecular formula is C48H56Cl2N8O4. The number of aromatic carboxylic acids is 1. The van der Waals surface area contributed by atoms with Gasteiger partial charge in [0.25, 0.3) is 5.91 Å².